The normalized spacial score (nSPS) is 20.3. The third-order valence-electron chi connectivity index (χ3n) is 6.80. The Bertz CT molecular complexity index is 1240. The molecule has 1 aliphatic heterocycles. The van der Waals surface area contributed by atoms with Crippen LogP contribution in [0.3, 0.4) is 0 Å². The van der Waals surface area contributed by atoms with E-state index in [2.05, 4.69) is 0 Å². The lowest BCUT2D eigenvalue weighted by Gasteiger charge is -2.47. The molecule has 0 spiro atoms. The van der Waals surface area contributed by atoms with Crippen LogP contribution in [0.15, 0.2) is 66.7 Å². The Morgan fingerprint density at radius 2 is 1.66 bits per heavy atom. The molecule has 4 rings (SSSR count). The van der Waals surface area contributed by atoms with Crippen LogP contribution >= 0.6 is 23.2 Å². The third-order valence-corrected chi connectivity index (χ3v) is 7.29. The van der Waals surface area contributed by atoms with E-state index >= 15 is 0 Å². The van der Waals surface area contributed by atoms with Gasteiger partial charge in [0.2, 0.25) is 0 Å². The molecule has 1 heterocycles. The Balaban J connectivity index is 1.53. The smallest absolute Gasteiger partial charge is 0.252 e. The maximum absolute atomic E-state index is 13.5. The molecule has 0 aromatic heterocycles. The van der Waals surface area contributed by atoms with E-state index in [1.165, 1.54) is 0 Å². The number of hydrogen-bond acceptors (Lipinski definition) is 5. The first-order valence-corrected chi connectivity index (χ1v) is 13.3. The number of amides is 1. The topological polar surface area (TPSA) is 57.2 Å². The van der Waals surface area contributed by atoms with E-state index in [1.54, 1.807) is 21.1 Å². The summed E-state index contributed by atoms with van der Waals surface area (Å²) in [6.45, 7) is 4.74. The number of morpholine rings is 1. The van der Waals surface area contributed by atoms with Gasteiger partial charge in [-0.25, -0.2) is 0 Å². The minimum absolute atomic E-state index is 0.0596. The van der Waals surface area contributed by atoms with Gasteiger partial charge in [-0.2, -0.15) is 0 Å². The summed E-state index contributed by atoms with van der Waals surface area (Å²) in [7, 11) is 3.22. The summed E-state index contributed by atoms with van der Waals surface area (Å²) in [6.07, 6.45) is -0.339. The zero-order chi connectivity index (χ0) is 27.2. The van der Waals surface area contributed by atoms with Crippen LogP contribution in [0.5, 0.6) is 11.5 Å². The lowest BCUT2D eigenvalue weighted by molar-refractivity contribution is -0.176. The molecule has 202 valence electrons. The molecular weight excluding hydrogens is 525 g/mol. The molecule has 1 aliphatic rings. The molecule has 4 atom stereocenters. The van der Waals surface area contributed by atoms with E-state index in [-0.39, 0.29) is 18.0 Å². The van der Waals surface area contributed by atoms with Crippen molar-refractivity contribution in [2.75, 3.05) is 20.8 Å². The number of carbonyl (C=O) groups excluding carboxylic acids is 1. The molecule has 0 bridgehead atoms. The monoisotopic (exact) mass is 557 g/mol. The SMILES string of the molecule is COc1ccc(COCC[C@H](C)N2C(=O)[C@@H](C)O[C@H](c3cccc(Cl)c3)[C@@H]2c2ccc(Cl)cc2)cc1OC. The van der Waals surface area contributed by atoms with Gasteiger partial charge in [0.15, 0.2) is 11.5 Å². The first-order chi connectivity index (χ1) is 18.3. The summed E-state index contributed by atoms with van der Waals surface area (Å²) in [5, 5.41) is 1.25. The second kappa shape index (κ2) is 12.9. The largest absolute Gasteiger partial charge is 0.493 e. The van der Waals surface area contributed by atoms with Crippen LogP contribution in [-0.2, 0) is 20.9 Å². The standard InChI is InChI=1S/C30H33Cl2NO5/c1-19(14-15-37-18-21-8-13-26(35-3)27(16-21)36-4)33-28(22-9-11-24(31)12-10-22)29(38-20(2)30(33)34)23-6-5-7-25(32)17-23/h5-13,16-17,19-20,28-29H,14-15,18H2,1-4H3/t19-,20+,28-,29+/m0/s1. The zero-order valence-corrected chi connectivity index (χ0v) is 23.5. The highest BCUT2D eigenvalue weighted by Gasteiger charge is 2.44. The van der Waals surface area contributed by atoms with E-state index in [0.29, 0.717) is 41.2 Å². The molecule has 0 unspecified atom stereocenters. The lowest BCUT2D eigenvalue weighted by atomic mass is 9.90. The van der Waals surface area contributed by atoms with E-state index in [4.69, 9.17) is 42.1 Å². The highest BCUT2D eigenvalue weighted by atomic mass is 35.5. The summed E-state index contributed by atoms with van der Waals surface area (Å²) in [5.41, 5.74) is 2.84. The Hall–Kier alpha value is -2.77. The van der Waals surface area contributed by atoms with Gasteiger partial charge in [-0.05, 0) is 73.4 Å². The number of benzene rings is 3. The third kappa shape index (κ3) is 6.44. The average molecular weight is 559 g/mol. The van der Waals surface area contributed by atoms with Gasteiger partial charge in [0, 0.05) is 22.7 Å². The van der Waals surface area contributed by atoms with Crippen molar-refractivity contribution in [1.29, 1.82) is 0 Å². The number of carbonyl (C=O) groups is 1. The Kier molecular flexibility index (Phi) is 9.55. The second-order valence-electron chi connectivity index (χ2n) is 9.38. The van der Waals surface area contributed by atoms with Crippen molar-refractivity contribution in [2.24, 2.45) is 0 Å². The van der Waals surface area contributed by atoms with Crippen molar-refractivity contribution >= 4 is 29.1 Å². The van der Waals surface area contributed by atoms with Gasteiger partial charge in [0.05, 0.1) is 26.9 Å². The molecule has 1 amide bonds. The van der Waals surface area contributed by atoms with E-state index < -0.39 is 12.2 Å². The Morgan fingerprint density at radius 3 is 2.34 bits per heavy atom. The molecule has 38 heavy (non-hydrogen) atoms. The van der Waals surface area contributed by atoms with Gasteiger partial charge in [-0.1, -0.05) is 53.5 Å². The minimum atomic E-state index is -0.599. The predicted molar refractivity (Wildman–Crippen MR) is 149 cm³/mol. The lowest BCUT2D eigenvalue weighted by Crippen LogP contribution is -2.53. The van der Waals surface area contributed by atoms with Gasteiger partial charge >= 0.3 is 0 Å². The van der Waals surface area contributed by atoms with Gasteiger partial charge in [-0.3, -0.25) is 4.79 Å². The molecule has 3 aromatic carbocycles. The fourth-order valence-electron chi connectivity index (χ4n) is 4.83. The van der Waals surface area contributed by atoms with Crippen molar-refractivity contribution < 1.29 is 23.7 Å². The molecule has 0 N–H and O–H groups in total. The molecule has 0 aliphatic carbocycles. The molecule has 1 fully saturated rings. The number of halogens is 2. The molecule has 1 saturated heterocycles. The Labute approximate surface area is 234 Å². The quantitative estimate of drug-likeness (QED) is 0.250. The number of hydrogen-bond donors (Lipinski definition) is 0. The molecule has 6 nitrogen and oxygen atoms in total. The van der Waals surface area contributed by atoms with Gasteiger partial charge in [-0.15, -0.1) is 0 Å². The minimum Gasteiger partial charge on any atom is -0.493 e. The van der Waals surface area contributed by atoms with E-state index in [9.17, 15) is 4.79 Å². The number of nitrogens with zero attached hydrogens (tertiary/aromatic N) is 1. The first-order valence-electron chi connectivity index (χ1n) is 12.6. The van der Waals surface area contributed by atoms with E-state index in [0.717, 1.165) is 16.7 Å². The van der Waals surface area contributed by atoms with Gasteiger partial charge in [0.25, 0.3) is 5.91 Å². The summed E-state index contributed by atoms with van der Waals surface area (Å²) >= 11 is 12.5. The van der Waals surface area contributed by atoms with Crippen LogP contribution in [-0.4, -0.2) is 43.8 Å². The fraction of sp³-hybridized carbons (Fsp3) is 0.367. The summed E-state index contributed by atoms with van der Waals surface area (Å²) in [5.74, 6) is 1.27. The highest BCUT2D eigenvalue weighted by Crippen LogP contribution is 2.44. The van der Waals surface area contributed by atoms with Gasteiger partial charge in [0.1, 0.15) is 12.2 Å². The number of rotatable bonds is 10. The van der Waals surface area contributed by atoms with Crippen LogP contribution in [0.4, 0.5) is 0 Å². The van der Waals surface area contributed by atoms with Crippen molar-refractivity contribution in [3.05, 3.63) is 93.5 Å². The average Bonchev–Trinajstić information content (AvgIpc) is 2.92. The summed E-state index contributed by atoms with van der Waals surface area (Å²) in [6, 6.07) is 20.4. The molecule has 0 saturated carbocycles. The van der Waals surface area contributed by atoms with Crippen LogP contribution in [0.25, 0.3) is 0 Å². The van der Waals surface area contributed by atoms with Crippen LogP contribution in [0.1, 0.15) is 49.1 Å². The van der Waals surface area contributed by atoms with Crippen LogP contribution in [0, 0.1) is 0 Å². The summed E-state index contributed by atoms with van der Waals surface area (Å²) < 4.78 is 23.0. The number of methoxy groups -OCH3 is 2. The predicted octanol–water partition coefficient (Wildman–Crippen LogP) is 7.04. The van der Waals surface area contributed by atoms with Crippen molar-refractivity contribution in [2.45, 2.75) is 51.2 Å². The van der Waals surface area contributed by atoms with E-state index in [1.807, 2.05) is 78.6 Å². The molecular formula is C30H33Cl2NO5. The summed E-state index contributed by atoms with van der Waals surface area (Å²) in [4.78, 5) is 15.5. The maximum atomic E-state index is 13.5. The first kappa shape index (κ1) is 28.2. The number of ether oxygens (including phenoxy) is 4. The van der Waals surface area contributed by atoms with Gasteiger partial charge < -0.3 is 23.8 Å². The maximum Gasteiger partial charge on any atom is 0.252 e. The Morgan fingerprint density at radius 1 is 0.921 bits per heavy atom. The molecule has 0 radical (unpaired) electrons. The molecule has 3 aromatic rings. The van der Waals surface area contributed by atoms with Crippen molar-refractivity contribution in [3.8, 4) is 11.5 Å². The fourth-order valence-corrected chi connectivity index (χ4v) is 5.15. The van der Waals surface area contributed by atoms with Crippen LogP contribution < -0.4 is 9.47 Å². The zero-order valence-electron chi connectivity index (χ0n) is 22.0. The highest BCUT2D eigenvalue weighted by molar-refractivity contribution is 6.30. The molecule has 8 heteroatoms. The van der Waals surface area contributed by atoms with Crippen molar-refractivity contribution in [3.63, 3.8) is 0 Å². The van der Waals surface area contributed by atoms with Crippen LogP contribution in [0.2, 0.25) is 10.0 Å². The second-order valence-corrected chi connectivity index (χ2v) is 10.2. The van der Waals surface area contributed by atoms with Crippen molar-refractivity contribution in [1.82, 2.24) is 4.90 Å².